The third-order valence-electron chi connectivity index (χ3n) is 5.03. The molecule has 8 nitrogen and oxygen atoms in total. The Labute approximate surface area is 188 Å². The van der Waals surface area contributed by atoms with Crippen LogP contribution in [0.3, 0.4) is 0 Å². The number of nitrogens with zero attached hydrogens (tertiary/aromatic N) is 2. The number of hydrogen-bond acceptors (Lipinski definition) is 7. The molecule has 0 bridgehead atoms. The van der Waals surface area contributed by atoms with Gasteiger partial charge in [0.2, 0.25) is 5.89 Å². The maximum Gasteiger partial charge on any atom is 0.332 e. The number of nitrogens with one attached hydrogen (secondary N) is 2. The van der Waals surface area contributed by atoms with Crippen molar-refractivity contribution in [2.45, 2.75) is 26.2 Å². The summed E-state index contributed by atoms with van der Waals surface area (Å²) < 4.78 is 16.4. The van der Waals surface area contributed by atoms with Crippen LogP contribution < -0.4 is 20.7 Å². The predicted molar refractivity (Wildman–Crippen MR) is 128 cm³/mol. The summed E-state index contributed by atoms with van der Waals surface area (Å²) in [7, 11) is 1.60. The summed E-state index contributed by atoms with van der Waals surface area (Å²) in [5.41, 5.74) is 3.02. The van der Waals surface area contributed by atoms with E-state index in [2.05, 4.69) is 35.5 Å². The Morgan fingerprint density at radius 2 is 1.94 bits per heavy atom. The van der Waals surface area contributed by atoms with Gasteiger partial charge in [-0.25, -0.2) is 9.78 Å². The lowest BCUT2D eigenvalue weighted by Gasteiger charge is -2.24. The van der Waals surface area contributed by atoms with Crippen molar-refractivity contribution < 1.29 is 9.15 Å². The van der Waals surface area contributed by atoms with Crippen LogP contribution in [0.1, 0.15) is 26.3 Å². The van der Waals surface area contributed by atoms with E-state index in [0.717, 1.165) is 11.3 Å². The Morgan fingerprint density at radius 3 is 2.59 bits per heavy atom. The molecule has 32 heavy (non-hydrogen) atoms. The van der Waals surface area contributed by atoms with Crippen LogP contribution in [0.5, 0.6) is 5.75 Å². The summed E-state index contributed by atoms with van der Waals surface area (Å²) in [5.74, 6) is 0.996. The first-order valence-corrected chi connectivity index (χ1v) is 11.2. The molecule has 0 saturated carbocycles. The van der Waals surface area contributed by atoms with E-state index in [1.54, 1.807) is 13.2 Å². The smallest absolute Gasteiger partial charge is 0.332 e. The van der Waals surface area contributed by atoms with Gasteiger partial charge in [-0.3, -0.25) is 14.3 Å². The lowest BCUT2D eigenvalue weighted by Crippen LogP contribution is -2.27. The van der Waals surface area contributed by atoms with Crippen LogP contribution in [0, 0.1) is 0 Å². The molecule has 0 saturated heterocycles. The van der Waals surface area contributed by atoms with Gasteiger partial charge in [0.25, 0.3) is 5.56 Å². The molecule has 4 aromatic rings. The Balaban J connectivity index is 1.99. The number of hydrogen-bond donors (Lipinski definition) is 2. The third-order valence-corrected chi connectivity index (χ3v) is 5.47. The highest BCUT2D eigenvalue weighted by Crippen LogP contribution is 2.41. The van der Waals surface area contributed by atoms with E-state index in [1.807, 2.05) is 30.5 Å². The zero-order valence-electron chi connectivity index (χ0n) is 18.5. The molecule has 4 rings (SSSR count). The number of oxazole rings is 1. The summed E-state index contributed by atoms with van der Waals surface area (Å²) in [5, 5.41) is 0. The molecule has 0 aliphatic carbocycles. The van der Waals surface area contributed by atoms with Gasteiger partial charge in [0.1, 0.15) is 11.3 Å². The van der Waals surface area contributed by atoms with E-state index in [9.17, 15) is 9.59 Å². The largest absolute Gasteiger partial charge is 0.496 e. The molecule has 0 amide bonds. The molecule has 0 unspecified atom stereocenters. The average Bonchev–Trinajstić information content (AvgIpc) is 3.15. The highest BCUT2D eigenvalue weighted by atomic mass is 32.2. The molecular formula is C23H24N4O4S. The van der Waals surface area contributed by atoms with Gasteiger partial charge in [0, 0.05) is 29.8 Å². The number of aromatic amines is 1. The monoisotopic (exact) mass is 452 g/mol. The van der Waals surface area contributed by atoms with Crippen LogP contribution in [-0.4, -0.2) is 27.9 Å². The molecule has 2 aromatic heterocycles. The second kappa shape index (κ2) is 8.23. The minimum Gasteiger partial charge on any atom is -0.496 e. The van der Waals surface area contributed by atoms with Gasteiger partial charge in [-0.05, 0) is 35.7 Å². The molecular weight excluding hydrogens is 428 g/mol. The van der Waals surface area contributed by atoms with Crippen molar-refractivity contribution in [2.24, 2.45) is 0 Å². The van der Waals surface area contributed by atoms with Crippen molar-refractivity contribution in [1.29, 1.82) is 0 Å². The standard InChI is InChI=1S/C23H24N4O4S/c1-23(2,3)16-12-14(27-9-8-19(28)25-22(27)29)11-15(20(16)30-4)21-24-17-10-13(26-32-5)6-7-18(17)31-21/h6-12,26H,1-5H3,(H,25,28,29). The van der Waals surface area contributed by atoms with Gasteiger partial charge >= 0.3 is 5.69 Å². The van der Waals surface area contributed by atoms with Crippen LogP contribution in [0.2, 0.25) is 0 Å². The first-order chi connectivity index (χ1) is 15.2. The van der Waals surface area contributed by atoms with Crippen LogP contribution in [-0.2, 0) is 5.41 Å². The maximum absolute atomic E-state index is 12.5. The van der Waals surface area contributed by atoms with E-state index < -0.39 is 11.2 Å². The highest BCUT2D eigenvalue weighted by molar-refractivity contribution is 7.99. The maximum atomic E-state index is 12.5. The first-order valence-electron chi connectivity index (χ1n) is 9.96. The number of aromatic nitrogens is 3. The van der Waals surface area contributed by atoms with Crippen molar-refractivity contribution in [1.82, 2.24) is 14.5 Å². The number of anilines is 1. The van der Waals surface area contributed by atoms with Gasteiger partial charge < -0.3 is 13.9 Å². The van der Waals surface area contributed by atoms with Gasteiger partial charge in [0.05, 0.1) is 18.4 Å². The summed E-state index contributed by atoms with van der Waals surface area (Å²) in [6, 6.07) is 10.7. The summed E-state index contributed by atoms with van der Waals surface area (Å²) in [6.45, 7) is 6.17. The number of benzene rings is 2. The second-order valence-electron chi connectivity index (χ2n) is 8.31. The van der Waals surface area contributed by atoms with Crippen molar-refractivity contribution in [3.05, 3.63) is 69.0 Å². The number of ether oxygens (including phenoxy) is 1. The summed E-state index contributed by atoms with van der Waals surface area (Å²) >= 11 is 1.49. The topological polar surface area (TPSA) is 102 Å². The minimum absolute atomic E-state index is 0.302. The second-order valence-corrected chi connectivity index (χ2v) is 8.92. The summed E-state index contributed by atoms with van der Waals surface area (Å²) in [4.78, 5) is 31.0. The van der Waals surface area contributed by atoms with Gasteiger partial charge in [0.15, 0.2) is 5.58 Å². The fourth-order valence-electron chi connectivity index (χ4n) is 3.53. The van der Waals surface area contributed by atoms with E-state index >= 15 is 0 Å². The lowest BCUT2D eigenvalue weighted by atomic mass is 9.84. The van der Waals surface area contributed by atoms with Crippen LogP contribution >= 0.6 is 11.9 Å². The molecule has 2 N–H and O–H groups in total. The number of rotatable bonds is 5. The van der Waals surface area contributed by atoms with E-state index in [-0.39, 0.29) is 5.41 Å². The SMILES string of the molecule is COc1c(-c2nc3cc(NSC)ccc3o2)cc(-n2ccc(=O)[nH]c2=O)cc1C(C)(C)C. The van der Waals surface area contributed by atoms with E-state index in [4.69, 9.17) is 9.15 Å². The third kappa shape index (κ3) is 4.03. The number of H-pyrrole nitrogens is 1. The van der Waals surface area contributed by atoms with Crippen LogP contribution in [0.25, 0.3) is 28.2 Å². The predicted octanol–water partition coefficient (Wildman–Crippen LogP) is 4.33. The zero-order chi connectivity index (χ0) is 23.0. The van der Waals surface area contributed by atoms with Crippen molar-refractivity contribution in [3.8, 4) is 22.9 Å². The Kier molecular flexibility index (Phi) is 5.60. The minimum atomic E-state index is -0.529. The van der Waals surface area contributed by atoms with Crippen molar-refractivity contribution in [2.75, 3.05) is 18.1 Å². The molecule has 0 fully saturated rings. The molecule has 0 atom stereocenters. The van der Waals surface area contributed by atoms with Crippen molar-refractivity contribution >= 4 is 28.7 Å². The molecule has 9 heteroatoms. The summed E-state index contributed by atoms with van der Waals surface area (Å²) in [6.07, 6.45) is 3.40. The number of methoxy groups -OCH3 is 1. The van der Waals surface area contributed by atoms with Gasteiger partial charge in [-0.15, -0.1) is 0 Å². The fraction of sp³-hybridized carbons (Fsp3) is 0.261. The zero-order valence-corrected chi connectivity index (χ0v) is 19.3. The lowest BCUT2D eigenvalue weighted by molar-refractivity contribution is 0.397. The Morgan fingerprint density at radius 1 is 1.16 bits per heavy atom. The van der Waals surface area contributed by atoms with Crippen molar-refractivity contribution in [3.63, 3.8) is 0 Å². The average molecular weight is 453 g/mol. The molecule has 166 valence electrons. The van der Waals surface area contributed by atoms with Crippen LogP contribution in [0.4, 0.5) is 5.69 Å². The van der Waals surface area contributed by atoms with E-state index in [1.165, 1.54) is 28.8 Å². The Bertz CT molecular complexity index is 1410. The van der Waals surface area contributed by atoms with Gasteiger partial charge in [-0.1, -0.05) is 32.7 Å². The first kappa shape index (κ1) is 21.8. The van der Waals surface area contributed by atoms with E-state index in [0.29, 0.717) is 34.0 Å². The molecule has 0 aliphatic rings. The van der Waals surface area contributed by atoms with Gasteiger partial charge in [-0.2, -0.15) is 0 Å². The molecule has 2 heterocycles. The Hall–Kier alpha value is -3.46. The quantitative estimate of drug-likeness (QED) is 0.435. The molecule has 0 radical (unpaired) electrons. The fourth-order valence-corrected chi connectivity index (χ4v) is 3.90. The molecule has 0 aliphatic heterocycles. The normalized spacial score (nSPS) is 11.7. The molecule has 0 spiro atoms. The molecule has 2 aromatic carbocycles. The van der Waals surface area contributed by atoms with Crippen LogP contribution in [0.15, 0.2) is 56.6 Å². The highest BCUT2D eigenvalue weighted by Gasteiger charge is 2.26. The number of fused-ring (bicyclic) bond motifs is 1.